The minimum absolute atomic E-state index is 0.141. The minimum atomic E-state index is -3.25. The first-order chi connectivity index (χ1) is 9.00. The van der Waals surface area contributed by atoms with Gasteiger partial charge in [-0.1, -0.05) is 6.92 Å². The molecule has 4 unspecified atom stereocenters. The van der Waals surface area contributed by atoms with Crippen molar-refractivity contribution in [3.05, 3.63) is 0 Å². The number of nitrogens with zero attached hydrogens (tertiary/aromatic N) is 2. The second-order valence-corrected chi connectivity index (χ2v) is 8.39. The van der Waals surface area contributed by atoms with E-state index in [2.05, 4.69) is 19.2 Å². The van der Waals surface area contributed by atoms with Gasteiger partial charge in [0.15, 0.2) is 0 Å². The van der Waals surface area contributed by atoms with Gasteiger partial charge in [-0.05, 0) is 50.6 Å². The quantitative estimate of drug-likeness (QED) is 0.805. The van der Waals surface area contributed by atoms with E-state index in [0.29, 0.717) is 37.4 Å². The van der Waals surface area contributed by atoms with Crippen molar-refractivity contribution in [1.29, 1.82) is 0 Å². The summed E-state index contributed by atoms with van der Waals surface area (Å²) in [6.07, 6.45) is 2.15. The number of piperidine rings is 1. The number of hydrogen-bond donors (Lipinski definition) is 1. The summed E-state index contributed by atoms with van der Waals surface area (Å²) >= 11 is 0. The smallest absolute Gasteiger partial charge is 0.282 e. The Morgan fingerprint density at radius 3 is 2.63 bits per heavy atom. The fraction of sp³-hybridized carbons (Fsp3) is 1.00. The van der Waals surface area contributed by atoms with E-state index in [1.165, 1.54) is 0 Å². The molecule has 3 aliphatic rings. The summed E-state index contributed by atoms with van der Waals surface area (Å²) in [5, 5.41) is 3.38. The van der Waals surface area contributed by atoms with Gasteiger partial charge >= 0.3 is 0 Å². The molecule has 3 saturated heterocycles. The van der Waals surface area contributed by atoms with Crippen molar-refractivity contribution in [2.75, 3.05) is 32.7 Å². The van der Waals surface area contributed by atoms with Gasteiger partial charge in [0.2, 0.25) is 0 Å². The van der Waals surface area contributed by atoms with Gasteiger partial charge in [-0.3, -0.25) is 0 Å². The summed E-state index contributed by atoms with van der Waals surface area (Å²) in [6, 6.07) is 0.141. The van der Waals surface area contributed by atoms with Gasteiger partial charge < -0.3 is 5.32 Å². The van der Waals surface area contributed by atoms with Crippen molar-refractivity contribution < 1.29 is 8.42 Å². The zero-order valence-corrected chi connectivity index (χ0v) is 12.7. The highest BCUT2D eigenvalue weighted by molar-refractivity contribution is 7.86. The maximum atomic E-state index is 12.8. The number of fused-ring (bicyclic) bond motifs is 1. The van der Waals surface area contributed by atoms with E-state index in [9.17, 15) is 8.42 Å². The van der Waals surface area contributed by atoms with Crippen molar-refractivity contribution >= 4 is 10.2 Å². The van der Waals surface area contributed by atoms with Crippen LogP contribution in [0.25, 0.3) is 0 Å². The molecule has 0 aromatic rings. The number of rotatable bonds is 2. The summed E-state index contributed by atoms with van der Waals surface area (Å²) in [6.45, 7) is 8.25. The van der Waals surface area contributed by atoms with Crippen molar-refractivity contribution in [1.82, 2.24) is 13.9 Å². The summed E-state index contributed by atoms with van der Waals surface area (Å²) in [4.78, 5) is 0. The van der Waals surface area contributed by atoms with E-state index in [-0.39, 0.29) is 6.04 Å². The Balaban J connectivity index is 1.77. The average Bonchev–Trinajstić information content (AvgIpc) is 2.93. The van der Waals surface area contributed by atoms with Crippen LogP contribution in [0.5, 0.6) is 0 Å². The first kappa shape index (κ1) is 13.8. The van der Waals surface area contributed by atoms with Crippen LogP contribution in [0.1, 0.15) is 26.7 Å². The molecular weight excluding hydrogens is 262 g/mol. The van der Waals surface area contributed by atoms with E-state index in [1.807, 2.05) is 0 Å². The Morgan fingerprint density at radius 2 is 1.95 bits per heavy atom. The Bertz CT molecular complexity index is 439. The second-order valence-electron chi connectivity index (χ2n) is 6.51. The van der Waals surface area contributed by atoms with E-state index < -0.39 is 10.2 Å². The van der Waals surface area contributed by atoms with Crippen LogP contribution in [0.3, 0.4) is 0 Å². The SMILES string of the molecule is CC1CCCN(S(=O)(=O)N2CC3CNCC3C2C)C1. The molecule has 0 saturated carbocycles. The van der Waals surface area contributed by atoms with E-state index in [0.717, 1.165) is 25.9 Å². The van der Waals surface area contributed by atoms with Crippen molar-refractivity contribution in [3.63, 3.8) is 0 Å². The molecule has 0 aliphatic carbocycles. The molecule has 3 fully saturated rings. The third-order valence-electron chi connectivity index (χ3n) is 5.12. The van der Waals surface area contributed by atoms with Gasteiger partial charge in [0.1, 0.15) is 0 Å². The number of hydrogen-bond acceptors (Lipinski definition) is 3. The zero-order valence-electron chi connectivity index (χ0n) is 11.9. The predicted molar refractivity (Wildman–Crippen MR) is 74.9 cm³/mol. The lowest BCUT2D eigenvalue weighted by atomic mass is 9.95. The molecular formula is C13H25N3O2S. The molecule has 0 aromatic carbocycles. The summed E-state index contributed by atoms with van der Waals surface area (Å²) < 4.78 is 29.1. The lowest BCUT2D eigenvalue weighted by Gasteiger charge is -2.35. The second kappa shape index (κ2) is 4.98. The highest BCUT2D eigenvalue weighted by Gasteiger charge is 2.48. The Labute approximate surface area is 116 Å². The first-order valence-electron chi connectivity index (χ1n) is 7.48. The summed E-state index contributed by atoms with van der Waals surface area (Å²) in [7, 11) is -3.25. The Kier molecular flexibility index (Phi) is 3.62. The van der Waals surface area contributed by atoms with E-state index in [4.69, 9.17) is 0 Å². The third-order valence-corrected chi connectivity index (χ3v) is 7.18. The van der Waals surface area contributed by atoms with Gasteiger partial charge in [0.05, 0.1) is 0 Å². The molecule has 110 valence electrons. The molecule has 6 heteroatoms. The van der Waals surface area contributed by atoms with Crippen LogP contribution < -0.4 is 5.32 Å². The molecule has 19 heavy (non-hydrogen) atoms. The van der Waals surface area contributed by atoms with Crippen LogP contribution in [0.2, 0.25) is 0 Å². The largest absolute Gasteiger partial charge is 0.316 e. The van der Waals surface area contributed by atoms with Crippen LogP contribution in [0.4, 0.5) is 0 Å². The zero-order chi connectivity index (χ0) is 13.6. The topological polar surface area (TPSA) is 52.7 Å². The third kappa shape index (κ3) is 2.33. The molecule has 1 N–H and O–H groups in total. The molecule has 3 rings (SSSR count). The fourth-order valence-corrected chi connectivity index (χ4v) is 5.99. The fourth-order valence-electron chi connectivity index (χ4n) is 3.94. The van der Waals surface area contributed by atoms with Crippen LogP contribution in [0, 0.1) is 17.8 Å². The molecule has 5 nitrogen and oxygen atoms in total. The molecule has 0 aromatic heterocycles. The summed E-state index contributed by atoms with van der Waals surface area (Å²) in [5.74, 6) is 1.49. The van der Waals surface area contributed by atoms with E-state index in [1.54, 1.807) is 8.61 Å². The highest BCUT2D eigenvalue weighted by atomic mass is 32.2. The lowest BCUT2D eigenvalue weighted by molar-refractivity contribution is 0.250. The highest BCUT2D eigenvalue weighted by Crippen LogP contribution is 2.35. The average molecular weight is 287 g/mol. The molecule has 3 heterocycles. The molecule has 0 radical (unpaired) electrons. The Morgan fingerprint density at radius 1 is 1.16 bits per heavy atom. The predicted octanol–water partition coefficient (Wildman–Crippen LogP) is 0.503. The lowest BCUT2D eigenvalue weighted by Crippen LogP contribution is -2.49. The Hall–Kier alpha value is -0.170. The van der Waals surface area contributed by atoms with Crippen LogP contribution in [-0.2, 0) is 10.2 Å². The molecule has 0 amide bonds. The molecule has 4 atom stereocenters. The number of nitrogens with one attached hydrogen (secondary N) is 1. The van der Waals surface area contributed by atoms with E-state index >= 15 is 0 Å². The molecule has 0 spiro atoms. The monoisotopic (exact) mass is 287 g/mol. The normalized spacial score (nSPS) is 41.6. The molecule has 3 aliphatic heterocycles. The van der Waals surface area contributed by atoms with Gasteiger partial charge in [-0.15, -0.1) is 0 Å². The maximum absolute atomic E-state index is 12.8. The van der Waals surface area contributed by atoms with Gasteiger partial charge in [0, 0.05) is 25.7 Å². The summed E-state index contributed by atoms with van der Waals surface area (Å²) in [5.41, 5.74) is 0. The van der Waals surface area contributed by atoms with Crippen LogP contribution in [0.15, 0.2) is 0 Å². The first-order valence-corrected chi connectivity index (χ1v) is 8.87. The van der Waals surface area contributed by atoms with Crippen molar-refractivity contribution in [2.24, 2.45) is 17.8 Å². The van der Waals surface area contributed by atoms with Crippen LogP contribution >= 0.6 is 0 Å². The standard InChI is InChI=1S/C13H25N3O2S/c1-10-4-3-5-15(8-10)19(17,18)16-9-12-6-14-7-13(12)11(16)2/h10-14H,3-9H2,1-2H3. The van der Waals surface area contributed by atoms with Crippen molar-refractivity contribution in [2.45, 2.75) is 32.7 Å². The van der Waals surface area contributed by atoms with Crippen molar-refractivity contribution in [3.8, 4) is 0 Å². The molecule has 0 bridgehead atoms. The van der Waals surface area contributed by atoms with Gasteiger partial charge in [0.25, 0.3) is 10.2 Å². The van der Waals surface area contributed by atoms with Crippen LogP contribution in [-0.4, -0.2) is 55.8 Å². The van der Waals surface area contributed by atoms with Gasteiger partial charge in [-0.25, -0.2) is 0 Å². The van der Waals surface area contributed by atoms with Gasteiger partial charge in [-0.2, -0.15) is 17.0 Å². The maximum Gasteiger partial charge on any atom is 0.282 e. The minimum Gasteiger partial charge on any atom is -0.316 e.